The van der Waals surface area contributed by atoms with Crippen LogP contribution in [0.15, 0.2) is 142 Å². The maximum atomic E-state index is 13.7. The van der Waals surface area contributed by atoms with Gasteiger partial charge in [-0.3, -0.25) is 19.0 Å². The number of amides is 2. The number of hydrogen-bond acceptors (Lipinski definition) is 4. The highest BCUT2D eigenvalue weighted by Gasteiger charge is 2.22. The van der Waals surface area contributed by atoms with Gasteiger partial charge in [0.25, 0.3) is 11.8 Å². The third-order valence-corrected chi connectivity index (χ3v) is 8.91. The minimum Gasteiger partial charge on any atom is -0.321 e. The Labute approximate surface area is 273 Å². The molecular weight excluding hydrogens is 646 g/mol. The van der Waals surface area contributed by atoms with Crippen LogP contribution in [0.3, 0.4) is 0 Å². The maximum absolute atomic E-state index is 13.7. The number of hydrogen-bond donors (Lipinski definition) is 2. The lowest BCUT2D eigenvalue weighted by Crippen LogP contribution is -2.30. The van der Waals surface area contributed by atoms with Crippen molar-refractivity contribution in [2.45, 2.75) is 17.1 Å². The van der Waals surface area contributed by atoms with Gasteiger partial charge in [0, 0.05) is 31.4 Å². The normalized spacial score (nSPS) is 12.2. The maximum Gasteiger partial charge on any atom is 0.272 e. The van der Waals surface area contributed by atoms with Crippen LogP contribution in [0, 0.1) is 0 Å². The Hall–Kier alpha value is -4.92. The number of nitrogens with zero attached hydrogens (tertiary/aromatic N) is 1. The minimum atomic E-state index is -0.461. The van der Waals surface area contributed by atoms with Crippen molar-refractivity contribution in [3.63, 3.8) is 0 Å². The summed E-state index contributed by atoms with van der Waals surface area (Å²) in [4.78, 5) is 40.9. The van der Waals surface area contributed by atoms with Gasteiger partial charge in [-0.25, -0.2) is 0 Å². The summed E-state index contributed by atoms with van der Waals surface area (Å²) >= 11 is 4.88. The molecular formula is C37H28BrN3O3S. The first-order valence-corrected chi connectivity index (χ1v) is 16.0. The van der Waals surface area contributed by atoms with Crippen molar-refractivity contribution in [1.82, 2.24) is 9.88 Å². The molecule has 0 aliphatic carbocycles. The quantitative estimate of drug-likeness (QED) is 0.125. The van der Waals surface area contributed by atoms with Gasteiger partial charge in [0.05, 0.1) is 16.3 Å². The predicted octanol–water partition coefficient (Wildman–Crippen LogP) is 8.79. The Kier molecular flexibility index (Phi) is 8.96. The van der Waals surface area contributed by atoms with Crippen molar-refractivity contribution in [2.75, 3.05) is 5.32 Å². The third kappa shape index (κ3) is 6.77. The Bertz CT molecular complexity index is 2000. The van der Waals surface area contributed by atoms with Crippen LogP contribution in [0.5, 0.6) is 0 Å². The highest BCUT2D eigenvalue weighted by atomic mass is 79.9. The molecule has 0 fully saturated rings. The summed E-state index contributed by atoms with van der Waals surface area (Å²) in [5.74, 6) is -0.855. The number of aromatic nitrogens is 1. The molecule has 2 amide bonds. The van der Waals surface area contributed by atoms with Crippen molar-refractivity contribution in [1.29, 1.82) is 0 Å². The van der Waals surface area contributed by atoms with Crippen LogP contribution in [0.4, 0.5) is 5.69 Å². The van der Waals surface area contributed by atoms with E-state index in [2.05, 4.69) is 26.6 Å². The molecule has 0 saturated carbocycles. The van der Waals surface area contributed by atoms with Crippen LogP contribution >= 0.6 is 27.7 Å². The molecule has 2 N–H and O–H groups in total. The largest absolute Gasteiger partial charge is 0.321 e. The van der Waals surface area contributed by atoms with Crippen LogP contribution in [-0.2, 0) is 4.79 Å². The highest BCUT2D eigenvalue weighted by Crippen LogP contribution is 2.32. The molecule has 6 nitrogen and oxygen atoms in total. The lowest BCUT2D eigenvalue weighted by atomic mass is 10.1. The van der Waals surface area contributed by atoms with Gasteiger partial charge in [-0.1, -0.05) is 82.7 Å². The molecule has 0 aliphatic heterocycles. The van der Waals surface area contributed by atoms with Gasteiger partial charge in [-0.2, -0.15) is 0 Å². The summed E-state index contributed by atoms with van der Waals surface area (Å²) in [5.41, 5.74) is 3.64. The zero-order valence-electron chi connectivity index (χ0n) is 24.2. The summed E-state index contributed by atoms with van der Waals surface area (Å²) < 4.78 is 2.71. The molecule has 1 heterocycles. The van der Waals surface area contributed by atoms with E-state index < -0.39 is 5.91 Å². The number of carbonyl (C=O) groups is 3. The molecule has 1 aromatic heterocycles. The van der Waals surface area contributed by atoms with Crippen LogP contribution in [0.2, 0.25) is 0 Å². The predicted molar refractivity (Wildman–Crippen MR) is 186 cm³/mol. The molecule has 6 rings (SSSR count). The fourth-order valence-corrected chi connectivity index (χ4v) is 6.25. The molecule has 6 aromatic rings. The SMILES string of the molecule is CC(Sc1ccc(NC(=O)/C(=C/c2ccc(Br)cc2)NC(=O)c2ccccc2)cc1)C(=O)n1c2ccccc2c2ccccc21. The van der Waals surface area contributed by atoms with Crippen molar-refractivity contribution >= 4 is 79.0 Å². The number of carbonyl (C=O) groups excluding carboxylic acids is 3. The minimum absolute atomic E-state index is 0.00772. The van der Waals surface area contributed by atoms with E-state index in [0.29, 0.717) is 11.3 Å². The van der Waals surface area contributed by atoms with Gasteiger partial charge in [0.1, 0.15) is 5.70 Å². The van der Waals surface area contributed by atoms with E-state index in [0.717, 1.165) is 36.7 Å². The lowest BCUT2D eigenvalue weighted by Gasteiger charge is -2.14. The monoisotopic (exact) mass is 673 g/mol. The van der Waals surface area contributed by atoms with Gasteiger partial charge in [0.15, 0.2) is 0 Å². The summed E-state index contributed by atoms with van der Waals surface area (Å²) in [5, 5.41) is 7.38. The molecule has 0 spiro atoms. The molecule has 5 aromatic carbocycles. The summed E-state index contributed by atoms with van der Waals surface area (Å²) in [6.45, 7) is 1.90. The van der Waals surface area contributed by atoms with Gasteiger partial charge in [-0.15, -0.1) is 11.8 Å². The fourth-order valence-electron chi connectivity index (χ4n) is 5.08. The van der Waals surface area contributed by atoms with E-state index in [1.807, 2.05) is 97.9 Å². The van der Waals surface area contributed by atoms with E-state index in [-0.39, 0.29) is 22.8 Å². The van der Waals surface area contributed by atoms with Crippen molar-refractivity contribution in [3.05, 3.63) is 149 Å². The second-order valence-corrected chi connectivity index (χ2v) is 12.7. The Balaban J connectivity index is 1.18. The molecule has 0 saturated heterocycles. The molecule has 0 bridgehead atoms. The number of fused-ring (bicyclic) bond motifs is 3. The average Bonchev–Trinajstić information content (AvgIpc) is 3.40. The van der Waals surface area contributed by atoms with Gasteiger partial charge < -0.3 is 10.6 Å². The molecule has 45 heavy (non-hydrogen) atoms. The summed E-state index contributed by atoms with van der Waals surface area (Å²) in [7, 11) is 0. The van der Waals surface area contributed by atoms with Crippen molar-refractivity contribution in [2.24, 2.45) is 0 Å². The first-order chi connectivity index (χ1) is 21.9. The van der Waals surface area contributed by atoms with Crippen LogP contribution in [0.1, 0.15) is 27.6 Å². The number of anilines is 1. The second kappa shape index (κ2) is 13.4. The Morgan fingerprint density at radius 1 is 0.733 bits per heavy atom. The first kappa shape index (κ1) is 30.1. The zero-order valence-corrected chi connectivity index (χ0v) is 26.6. The lowest BCUT2D eigenvalue weighted by molar-refractivity contribution is -0.113. The topological polar surface area (TPSA) is 80.2 Å². The molecule has 8 heteroatoms. The fraction of sp³-hybridized carbons (Fsp3) is 0.0541. The number of para-hydroxylation sites is 2. The zero-order chi connectivity index (χ0) is 31.3. The van der Waals surface area contributed by atoms with Gasteiger partial charge in [-0.05, 0) is 79.2 Å². The Morgan fingerprint density at radius 3 is 1.93 bits per heavy atom. The van der Waals surface area contributed by atoms with E-state index in [1.54, 1.807) is 47.0 Å². The number of rotatable bonds is 8. The van der Waals surface area contributed by atoms with E-state index in [1.165, 1.54) is 11.8 Å². The van der Waals surface area contributed by atoms with Crippen molar-refractivity contribution < 1.29 is 14.4 Å². The van der Waals surface area contributed by atoms with E-state index in [9.17, 15) is 14.4 Å². The van der Waals surface area contributed by atoms with Gasteiger partial charge in [0.2, 0.25) is 5.91 Å². The number of halogens is 1. The average molecular weight is 675 g/mol. The van der Waals surface area contributed by atoms with E-state index >= 15 is 0 Å². The molecule has 222 valence electrons. The summed E-state index contributed by atoms with van der Waals surface area (Å²) in [6, 6.07) is 39.4. The molecule has 0 radical (unpaired) electrons. The third-order valence-electron chi connectivity index (χ3n) is 7.28. The van der Waals surface area contributed by atoms with Crippen LogP contribution in [0.25, 0.3) is 27.9 Å². The number of benzene rings is 5. The Morgan fingerprint density at radius 2 is 1.31 bits per heavy atom. The first-order valence-electron chi connectivity index (χ1n) is 14.3. The number of nitrogens with one attached hydrogen (secondary N) is 2. The number of thioether (sulfide) groups is 1. The molecule has 0 aliphatic rings. The van der Waals surface area contributed by atoms with Gasteiger partial charge >= 0.3 is 0 Å². The second-order valence-electron chi connectivity index (χ2n) is 10.4. The van der Waals surface area contributed by atoms with Crippen molar-refractivity contribution in [3.8, 4) is 0 Å². The highest BCUT2D eigenvalue weighted by molar-refractivity contribution is 9.10. The molecule has 1 unspecified atom stereocenters. The smallest absolute Gasteiger partial charge is 0.272 e. The van der Waals surface area contributed by atoms with Crippen LogP contribution in [-0.4, -0.2) is 27.5 Å². The van der Waals surface area contributed by atoms with Crippen LogP contribution < -0.4 is 10.6 Å². The molecule has 1 atom stereocenters. The summed E-state index contributed by atoms with van der Waals surface area (Å²) in [6.07, 6.45) is 1.63. The standard InChI is InChI=1S/C37H28BrN3O3S/c1-24(37(44)41-33-13-7-5-11-30(33)31-12-6-8-14-34(31)41)45-29-21-19-28(20-22-29)39-36(43)32(23-25-15-17-27(38)18-16-25)40-35(42)26-9-3-2-4-10-26/h2-24H,1H3,(H,39,43)(H,40,42)/b32-23-. The van der Waals surface area contributed by atoms with E-state index in [4.69, 9.17) is 0 Å².